The van der Waals surface area contributed by atoms with Gasteiger partial charge in [-0.2, -0.15) is 0 Å². The van der Waals surface area contributed by atoms with E-state index in [1.54, 1.807) is 6.07 Å². The quantitative estimate of drug-likeness (QED) is 0.180. The lowest BCUT2D eigenvalue weighted by atomic mass is 9.83. The molecule has 2 heterocycles. The molecule has 4 nitrogen and oxygen atoms in total. The van der Waals surface area contributed by atoms with Gasteiger partial charge in [0.2, 0.25) is 0 Å². The molecule has 0 aliphatic rings. The molecule has 0 bridgehead atoms. The van der Waals surface area contributed by atoms with Crippen molar-refractivity contribution in [2.75, 3.05) is 0 Å². The summed E-state index contributed by atoms with van der Waals surface area (Å²) in [6.45, 7) is 12.7. The third-order valence-corrected chi connectivity index (χ3v) is 10.2. The van der Waals surface area contributed by atoms with Crippen LogP contribution in [-0.2, 0) is 5.41 Å². The Morgan fingerprint density at radius 3 is 2.07 bits per heavy atom. The van der Waals surface area contributed by atoms with Crippen molar-refractivity contribution >= 4 is 11.0 Å². The van der Waals surface area contributed by atoms with Crippen LogP contribution in [0.15, 0.2) is 152 Å². The van der Waals surface area contributed by atoms with E-state index in [-0.39, 0.29) is 11.2 Å². The highest BCUT2D eigenvalue weighted by atomic mass is 16.3. The van der Waals surface area contributed by atoms with E-state index >= 15 is 0 Å². The highest BCUT2D eigenvalue weighted by molar-refractivity contribution is 5.97. The summed E-state index contributed by atoms with van der Waals surface area (Å²) in [7, 11) is 0. The van der Waals surface area contributed by atoms with E-state index in [0.717, 1.165) is 66.9 Å². The van der Waals surface area contributed by atoms with Crippen molar-refractivity contribution in [3.05, 3.63) is 168 Å². The summed E-state index contributed by atoms with van der Waals surface area (Å²) >= 11 is 0. The second kappa shape index (κ2) is 13.9. The average molecular weight is 705 g/mol. The smallest absolute Gasteiger partial charge is 0.149 e. The molecule has 0 aliphatic heterocycles. The van der Waals surface area contributed by atoms with Crippen molar-refractivity contribution < 1.29 is 6.48 Å². The van der Waals surface area contributed by atoms with Gasteiger partial charge in [0.15, 0.2) is 0 Å². The Bertz CT molecular complexity index is 2680. The van der Waals surface area contributed by atoms with E-state index in [9.17, 15) is 5.11 Å². The topological polar surface area (TPSA) is 50.9 Å². The number of imidazole rings is 1. The molecule has 0 saturated carbocycles. The van der Waals surface area contributed by atoms with E-state index in [1.807, 2.05) is 56.4 Å². The zero-order valence-corrected chi connectivity index (χ0v) is 31.7. The van der Waals surface area contributed by atoms with Gasteiger partial charge in [0, 0.05) is 24.4 Å². The number of para-hydroxylation sites is 2. The Kier molecular flexibility index (Phi) is 8.67. The highest BCUT2D eigenvalue weighted by Crippen LogP contribution is 2.41. The molecule has 4 heteroatoms. The normalized spacial score (nSPS) is 12.2. The number of aromatic hydroxyl groups is 1. The molecular formula is C50H45N3O. The summed E-state index contributed by atoms with van der Waals surface area (Å²) in [4.78, 5) is 10.3. The lowest BCUT2D eigenvalue weighted by molar-refractivity contribution is 0.477. The van der Waals surface area contributed by atoms with Gasteiger partial charge in [-0.05, 0) is 112 Å². The monoisotopic (exact) mass is 704 g/mol. The number of rotatable bonds is 7. The lowest BCUT2D eigenvalue weighted by Crippen LogP contribution is -2.11. The van der Waals surface area contributed by atoms with E-state index in [1.165, 1.54) is 11.1 Å². The van der Waals surface area contributed by atoms with E-state index < -0.39 is 5.89 Å². The first-order valence-electron chi connectivity index (χ1n) is 19.0. The second-order valence-corrected chi connectivity index (χ2v) is 15.4. The number of phenols is 1. The van der Waals surface area contributed by atoms with E-state index in [4.69, 9.17) is 11.3 Å². The van der Waals surface area contributed by atoms with Gasteiger partial charge in [0.05, 0.1) is 22.3 Å². The van der Waals surface area contributed by atoms with Crippen molar-refractivity contribution in [2.24, 2.45) is 0 Å². The van der Waals surface area contributed by atoms with Gasteiger partial charge in [0.25, 0.3) is 0 Å². The van der Waals surface area contributed by atoms with Gasteiger partial charge >= 0.3 is 0 Å². The summed E-state index contributed by atoms with van der Waals surface area (Å²) < 4.78 is 11.2. The summed E-state index contributed by atoms with van der Waals surface area (Å²) in [6, 6.07) is 49.9. The molecule has 8 rings (SSSR count). The maximum absolute atomic E-state index is 11.3. The molecule has 0 spiro atoms. The molecule has 0 atom stereocenters. The fourth-order valence-corrected chi connectivity index (χ4v) is 7.14. The van der Waals surface area contributed by atoms with Crippen LogP contribution in [0.25, 0.3) is 72.7 Å². The molecule has 266 valence electrons. The maximum atomic E-state index is 11.3. The first-order chi connectivity index (χ1) is 26.3. The van der Waals surface area contributed by atoms with Crippen LogP contribution in [0, 0.1) is 6.92 Å². The molecule has 6 aromatic carbocycles. The van der Waals surface area contributed by atoms with E-state index in [2.05, 4.69) is 135 Å². The molecular weight excluding hydrogens is 659 g/mol. The highest BCUT2D eigenvalue weighted by Gasteiger charge is 2.23. The first-order valence-corrected chi connectivity index (χ1v) is 18.5. The minimum atomic E-state index is -0.856. The van der Waals surface area contributed by atoms with Crippen molar-refractivity contribution in [1.29, 1.82) is 0 Å². The van der Waals surface area contributed by atoms with Crippen LogP contribution in [0.2, 0.25) is 0 Å². The maximum Gasteiger partial charge on any atom is 0.149 e. The number of phenolic OH excluding ortho intramolecular Hbond substituents is 1. The number of fused-ring (bicyclic) bond motifs is 1. The van der Waals surface area contributed by atoms with Crippen LogP contribution in [-0.4, -0.2) is 19.6 Å². The summed E-state index contributed by atoms with van der Waals surface area (Å²) in [5.41, 5.74) is 14.7. The number of hydrogen-bond donors (Lipinski definition) is 1. The van der Waals surface area contributed by atoms with Gasteiger partial charge < -0.3 is 5.11 Å². The molecule has 0 radical (unpaired) electrons. The van der Waals surface area contributed by atoms with Crippen LogP contribution in [0.3, 0.4) is 0 Å². The van der Waals surface area contributed by atoms with Gasteiger partial charge in [-0.15, -0.1) is 0 Å². The molecule has 0 aliphatic carbocycles. The largest absolute Gasteiger partial charge is 0.507 e. The standard InChI is InChI=1S/C50H45N3O/c1-32(2)37-25-38(34-13-8-7-9-14-34)30-42(29-37)53-46-17-12-16-43(48(46)52-49(53)44-15-10-11-18-47(44)54)39-26-40(28-41(27-39)50(4,5)6)45-31-36(23-24-51-45)35-21-19-33(3)20-22-35/h7-32,54H,1-6H3/i32D. The fraction of sp³-hybridized carbons (Fsp3) is 0.160. The lowest BCUT2D eigenvalue weighted by Gasteiger charge is -2.22. The molecule has 1 N–H and O–H groups in total. The van der Waals surface area contributed by atoms with E-state index in [0.29, 0.717) is 11.4 Å². The summed E-state index contributed by atoms with van der Waals surface area (Å²) in [5, 5.41) is 11.3. The molecule has 0 saturated heterocycles. The van der Waals surface area contributed by atoms with Crippen LogP contribution < -0.4 is 0 Å². The van der Waals surface area contributed by atoms with Crippen molar-refractivity contribution in [3.63, 3.8) is 0 Å². The molecule has 0 amide bonds. The minimum Gasteiger partial charge on any atom is -0.507 e. The first kappa shape index (κ1) is 33.6. The Morgan fingerprint density at radius 2 is 1.33 bits per heavy atom. The molecule has 2 aromatic heterocycles. The summed E-state index contributed by atoms with van der Waals surface area (Å²) in [5.74, 6) is -0.0818. The third kappa shape index (κ3) is 6.72. The SMILES string of the molecule is [2H]C(C)(C)c1cc(-c2ccccc2)cc(-n2c(-c3ccccc3O)nc3c(-c4cc(-c5cc(-c6ccc(C)cc6)ccn5)cc(C(C)(C)C)c4)cccc32)c1. The minimum absolute atomic E-state index is 0.134. The zero-order valence-electron chi connectivity index (χ0n) is 32.7. The van der Waals surface area contributed by atoms with Gasteiger partial charge in [-0.25, -0.2) is 4.98 Å². The van der Waals surface area contributed by atoms with Crippen LogP contribution in [0.1, 0.15) is 58.6 Å². The van der Waals surface area contributed by atoms with Crippen molar-refractivity contribution in [3.8, 4) is 67.5 Å². The number of benzene rings is 6. The Hall–Kier alpha value is -6.26. The molecule has 0 fully saturated rings. The molecule has 8 aromatic rings. The van der Waals surface area contributed by atoms with Crippen LogP contribution in [0.4, 0.5) is 0 Å². The zero-order chi connectivity index (χ0) is 38.5. The molecule has 0 unspecified atom stereocenters. The average Bonchev–Trinajstić information content (AvgIpc) is 3.57. The van der Waals surface area contributed by atoms with Crippen LogP contribution >= 0.6 is 0 Å². The number of hydrogen-bond acceptors (Lipinski definition) is 3. The Labute approximate surface area is 319 Å². The number of nitrogens with zero attached hydrogens (tertiary/aromatic N) is 3. The Morgan fingerprint density at radius 1 is 0.630 bits per heavy atom. The van der Waals surface area contributed by atoms with Gasteiger partial charge in [-0.1, -0.05) is 131 Å². The summed E-state index contributed by atoms with van der Waals surface area (Å²) in [6.07, 6.45) is 1.89. The Balaban J connectivity index is 1.38. The number of aromatic nitrogens is 3. The third-order valence-electron chi connectivity index (χ3n) is 10.2. The van der Waals surface area contributed by atoms with Crippen LogP contribution in [0.5, 0.6) is 5.75 Å². The number of aryl methyl sites for hydroxylation is 1. The molecule has 54 heavy (non-hydrogen) atoms. The number of pyridine rings is 1. The fourth-order valence-electron chi connectivity index (χ4n) is 7.14. The predicted octanol–water partition coefficient (Wildman–Crippen LogP) is 13.2. The predicted molar refractivity (Wildman–Crippen MR) is 225 cm³/mol. The van der Waals surface area contributed by atoms with Crippen molar-refractivity contribution in [1.82, 2.24) is 14.5 Å². The van der Waals surface area contributed by atoms with Gasteiger partial charge in [-0.3, -0.25) is 9.55 Å². The van der Waals surface area contributed by atoms with Gasteiger partial charge in [0.1, 0.15) is 11.6 Å². The second-order valence-electron chi connectivity index (χ2n) is 15.4. The van der Waals surface area contributed by atoms with Crippen molar-refractivity contribution in [2.45, 2.75) is 52.9 Å².